The van der Waals surface area contributed by atoms with Crippen LogP contribution in [-0.4, -0.2) is 15.7 Å². The van der Waals surface area contributed by atoms with Crippen molar-refractivity contribution in [2.75, 3.05) is 0 Å². The average molecular weight is 201 g/mol. The molecule has 2 nitrogen and oxygen atoms in total. The Kier molecular flexibility index (Phi) is 3.03. The lowest BCUT2D eigenvalue weighted by Crippen LogP contribution is -2.29. The van der Waals surface area contributed by atoms with Crippen molar-refractivity contribution >= 4 is 0 Å². The summed E-state index contributed by atoms with van der Waals surface area (Å²) in [5.41, 5.74) is -0.0352. The van der Waals surface area contributed by atoms with E-state index >= 15 is 0 Å². The number of aromatic nitrogens is 1. The van der Waals surface area contributed by atoms with Gasteiger partial charge in [0, 0.05) is 6.20 Å². The van der Waals surface area contributed by atoms with Crippen molar-refractivity contribution in [2.24, 2.45) is 0 Å². The molecule has 0 bridgehead atoms. The molecular weight excluding hydrogens is 186 g/mol. The van der Waals surface area contributed by atoms with Crippen molar-refractivity contribution in [2.45, 2.75) is 37.7 Å². The summed E-state index contributed by atoms with van der Waals surface area (Å²) in [4.78, 5) is 4.11. The molecular formula is C13H15NO. The van der Waals surface area contributed by atoms with Gasteiger partial charge in [-0.25, -0.2) is 4.98 Å². The third kappa shape index (κ3) is 2.81. The summed E-state index contributed by atoms with van der Waals surface area (Å²) in [6.07, 6.45) is 6.68. The quantitative estimate of drug-likeness (QED) is 0.652. The van der Waals surface area contributed by atoms with Crippen molar-refractivity contribution in [3.63, 3.8) is 0 Å². The van der Waals surface area contributed by atoms with Crippen LogP contribution in [0.3, 0.4) is 0 Å². The number of hydrogen-bond donors (Lipinski definition) is 1. The van der Waals surface area contributed by atoms with Gasteiger partial charge in [-0.1, -0.05) is 18.4 Å². The Hall–Kier alpha value is -1.33. The number of pyridine rings is 1. The molecule has 15 heavy (non-hydrogen) atoms. The smallest absolute Gasteiger partial charge is 0.125 e. The molecule has 1 fully saturated rings. The molecule has 0 amide bonds. The first-order valence-corrected chi connectivity index (χ1v) is 5.45. The third-order valence-electron chi connectivity index (χ3n) is 2.77. The SMILES string of the molecule is OC1(C#Cc2ccccn2)CCCCC1. The molecule has 1 N–H and O–H groups in total. The molecule has 0 unspecified atom stereocenters. The topological polar surface area (TPSA) is 33.1 Å². The standard InChI is InChI=1S/C13H15NO/c15-13(8-3-1-4-9-13)10-7-12-6-2-5-11-14-12/h2,5-6,11,15H,1,3-4,8-9H2. The molecule has 1 aromatic heterocycles. The third-order valence-corrected chi connectivity index (χ3v) is 2.77. The van der Waals surface area contributed by atoms with E-state index < -0.39 is 5.60 Å². The molecule has 2 heteroatoms. The van der Waals surface area contributed by atoms with Crippen molar-refractivity contribution in [1.82, 2.24) is 4.98 Å². The molecule has 0 spiro atoms. The van der Waals surface area contributed by atoms with Crippen LogP contribution in [0.15, 0.2) is 24.4 Å². The molecule has 0 aromatic carbocycles. The maximum Gasteiger partial charge on any atom is 0.125 e. The van der Waals surface area contributed by atoms with E-state index in [-0.39, 0.29) is 0 Å². The van der Waals surface area contributed by atoms with Crippen LogP contribution in [-0.2, 0) is 0 Å². The number of aliphatic hydroxyl groups is 1. The highest BCUT2D eigenvalue weighted by atomic mass is 16.3. The summed E-state index contributed by atoms with van der Waals surface area (Å²) in [5.74, 6) is 5.90. The van der Waals surface area contributed by atoms with Crippen LogP contribution < -0.4 is 0 Å². The summed E-state index contributed by atoms with van der Waals surface area (Å²) < 4.78 is 0. The summed E-state index contributed by atoms with van der Waals surface area (Å²) in [6, 6.07) is 5.63. The lowest BCUT2D eigenvalue weighted by molar-refractivity contribution is 0.0610. The Labute approximate surface area is 90.4 Å². The van der Waals surface area contributed by atoms with E-state index in [9.17, 15) is 5.11 Å². The van der Waals surface area contributed by atoms with Crippen molar-refractivity contribution in [1.29, 1.82) is 0 Å². The fourth-order valence-corrected chi connectivity index (χ4v) is 1.88. The molecule has 0 atom stereocenters. The number of rotatable bonds is 0. The zero-order valence-corrected chi connectivity index (χ0v) is 8.74. The highest BCUT2D eigenvalue weighted by Gasteiger charge is 2.26. The van der Waals surface area contributed by atoms with Gasteiger partial charge in [0.1, 0.15) is 11.3 Å². The first kappa shape index (κ1) is 10.2. The van der Waals surface area contributed by atoms with Crippen LogP contribution in [0.5, 0.6) is 0 Å². The van der Waals surface area contributed by atoms with Gasteiger partial charge in [0.15, 0.2) is 0 Å². The highest BCUT2D eigenvalue weighted by Crippen LogP contribution is 2.27. The van der Waals surface area contributed by atoms with Gasteiger partial charge in [-0.15, -0.1) is 0 Å². The number of nitrogens with zero attached hydrogens (tertiary/aromatic N) is 1. The Morgan fingerprint density at radius 1 is 1.20 bits per heavy atom. The van der Waals surface area contributed by atoms with Crippen molar-refractivity contribution in [3.05, 3.63) is 30.1 Å². The largest absolute Gasteiger partial charge is 0.378 e. The van der Waals surface area contributed by atoms with Crippen LogP contribution in [0, 0.1) is 11.8 Å². The van der Waals surface area contributed by atoms with E-state index in [0.717, 1.165) is 31.4 Å². The molecule has 1 heterocycles. The predicted molar refractivity (Wildman–Crippen MR) is 59.1 cm³/mol. The Bertz CT molecular complexity index is 369. The normalized spacial score (nSPS) is 19.0. The van der Waals surface area contributed by atoms with E-state index in [1.165, 1.54) is 6.42 Å². The van der Waals surface area contributed by atoms with Gasteiger partial charge in [0.2, 0.25) is 0 Å². The van der Waals surface area contributed by atoms with Gasteiger partial charge in [0.05, 0.1) is 0 Å². The van der Waals surface area contributed by atoms with Crippen LogP contribution in [0.2, 0.25) is 0 Å². The van der Waals surface area contributed by atoms with Crippen LogP contribution in [0.4, 0.5) is 0 Å². The fourth-order valence-electron chi connectivity index (χ4n) is 1.88. The van der Waals surface area contributed by atoms with Gasteiger partial charge in [-0.05, 0) is 43.7 Å². The molecule has 2 rings (SSSR count). The second-order valence-electron chi connectivity index (χ2n) is 4.06. The van der Waals surface area contributed by atoms with E-state index in [4.69, 9.17) is 0 Å². The first-order valence-electron chi connectivity index (χ1n) is 5.45. The van der Waals surface area contributed by atoms with Gasteiger partial charge in [-0.3, -0.25) is 0 Å². The lowest BCUT2D eigenvalue weighted by Gasteiger charge is -2.26. The molecule has 0 saturated heterocycles. The highest BCUT2D eigenvalue weighted by molar-refractivity contribution is 5.30. The molecule has 1 aromatic rings. The van der Waals surface area contributed by atoms with Crippen LogP contribution in [0.25, 0.3) is 0 Å². The molecule has 1 saturated carbocycles. The summed E-state index contributed by atoms with van der Waals surface area (Å²) >= 11 is 0. The second-order valence-corrected chi connectivity index (χ2v) is 4.06. The maximum atomic E-state index is 10.1. The Balaban J connectivity index is 2.10. The monoisotopic (exact) mass is 201 g/mol. The zero-order chi connectivity index (χ0) is 10.6. The maximum absolute atomic E-state index is 10.1. The Morgan fingerprint density at radius 2 is 2.00 bits per heavy atom. The summed E-state index contributed by atoms with van der Waals surface area (Å²) in [6.45, 7) is 0. The molecule has 78 valence electrons. The minimum atomic E-state index is -0.768. The van der Waals surface area contributed by atoms with E-state index in [1.54, 1.807) is 6.20 Å². The lowest BCUT2D eigenvalue weighted by atomic mass is 9.85. The van der Waals surface area contributed by atoms with Crippen molar-refractivity contribution < 1.29 is 5.11 Å². The van der Waals surface area contributed by atoms with Gasteiger partial charge < -0.3 is 5.11 Å². The predicted octanol–water partition coefficient (Wildman–Crippen LogP) is 2.13. The molecule has 1 aliphatic rings. The fraction of sp³-hybridized carbons (Fsp3) is 0.462. The first-order chi connectivity index (χ1) is 7.29. The second kappa shape index (κ2) is 4.46. The van der Waals surface area contributed by atoms with Crippen LogP contribution >= 0.6 is 0 Å². The van der Waals surface area contributed by atoms with Gasteiger partial charge >= 0.3 is 0 Å². The zero-order valence-electron chi connectivity index (χ0n) is 8.74. The van der Waals surface area contributed by atoms with Gasteiger partial charge in [-0.2, -0.15) is 0 Å². The van der Waals surface area contributed by atoms with E-state index in [2.05, 4.69) is 16.8 Å². The Morgan fingerprint density at radius 3 is 2.67 bits per heavy atom. The van der Waals surface area contributed by atoms with Gasteiger partial charge in [0.25, 0.3) is 0 Å². The minimum absolute atomic E-state index is 0.733. The summed E-state index contributed by atoms with van der Waals surface area (Å²) in [5, 5.41) is 10.1. The number of hydrogen-bond acceptors (Lipinski definition) is 2. The minimum Gasteiger partial charge on any atom is -0.378 e. The van der Waals surface area contributed by atoms with Crippen LogP contribution in [0.1, 0.15) is 37.8 Å². The summed E-state index contributed by atoms with van der Waals surface area (Å²) in [7, 11) is 0. The van der Waals surface area contributed by atoms with E-state index in [1.807, 2.05) is 18.2 Å². The molecule has 1 aliphatic carbocycles. The molecule has 0 radical (unpaired) electrons. The van der Waals surface area contributed by atoms with E-state index in [0.29, 0.717) is 0 Å². The average Bonchev–Trinajstić information content (AvgIpc) is 2.29. The molecule has 0 aliphatic heterocycles. The van der Waals surface area contributed by atoms with Crippen molar-refractivity contribution in [3.8, 4) is 11.8 Å².